The number of carbonyl (C=O) groups excluding carboxylic acids is 1. The number of nitrogens with one attached hydrogen (secondary N) is 1. The van der Waals surface area contributed by atoms with E-state index in [4.69, 9.17) is 5.73 Å². The van der Waals surface area contributed by atoms with Gasteiger partial charge in [-0.15, -0.1) is 11.3 Å². The summed E-state index contributed by atoms with van der Waals surface area (Å²) in [6.45, 7) is 0.396. The minimum Gasteiger partial charge on any atom is -0.397 e. The molecule has 0 unspecified atom stereocenters. The van der Waals surface area contributed by atoms with Gasteiger partial charge in [0.05, 0.1) is 17.9 Å². The van der Waals surface area contributed by atoms with Crippen LogP contribution in [0, 0.1) is 0 Å². The maximum absolute atomic E-state index is 12.2. The molecule has 2 aromatic heterocycles. The van der Waals surface area contributed by atoms with E-state index in [1.54, 1.807) is 4.68 Å². The maximum Gasteiger partial charge on any atom is 0.263 e. The van der Waals surface area contributed by atoms with Gasteiger partial charge in [0.2, 0.25) is 0 Å². The summed E-state index contributed by atoms with van der Waals surface area (Å²) in [6.07, 6.45) is 1.84. The van der Waals surface area contributed by atoms with Crippen molar-refractivity contribution >= 4 is 33.0 Å². The van der Waals surface area contributed by atoms with Crippen LogP contribution in [-0.2, 0) is 13.6 Å². The van der Waals surface area contributed by atoms with Crippen LogP contribution in [0.5, 0.6) is 0 Å². The second-order valence-electron chi connectivity index (χ2n) is 4.50. The minimum absolute atomic E-state index is 0.158. The highest BCUT2D eigenvalue weighted by atomic mass is 32.1. The zero-order chi connectivity index (χ0) is 14.1. The molecule has 0 aliphatic carbocycles. The Kier molecular flexibility index (Phi) is 3.15. The van der Waals surface area contributed by atoms with Crippen LogP contribution >= 0.6 is 11.3 Å². The van der Waals surface area contributed by atoms with E-state index in [-0.39, 0.29) is 5.91 Å². The van der Waals surface area contributed by atoms with Gasteiger partial charge < -0.3 is 11.1 Å². The highest BCUT2D eigenvalue weighted by molar-refractivity contribution is 7.21. The van der Waals surface area contributed by atoms with Crippen molar-refractivity contribution in [2.45, 2.75) is 6.54 Å². The molecule has 20 heavy (non-hydrogen) atoms. The monoisotopic (exact) mass is 286 g/mol. The summed E-state index contributed by atoms with van der Waals surface area (Å²) in [5.41, 5.74) is 7.41. The lowest BCUT2D eigenvalue weighted by molar-refractivity contribution is 0.0955. The molecule has 2 heterocycles. The largest absolute Gasteiger partial charge is 0.397 e. The number of hydrogen-bond acceptors (Lipinski definition) is 4. The molecule has 0 saturated carbocycles. The van der Waals surface area contributed by atoms with Crippen molar-refractivity contribution in [2.75, 3.05) is 5.73 Å². The third-order valence-corrected chi connectivity index (χ3v) is 4.22. The Labute approximate surface area is 120 Å². The lowest BCUT2D eigenvalue weighted by Gasteiger charge is -2.02. The second kappa shape index (κ2) is 4.97. The van der Waals surface area contributed by atoms with Gasteiger partial charge >= 0.3 is 0 Å². The number of nitrogen functional groups attached to an aromatic ring is 1. The van der Waals surface area contributed by atoms with Crippen LogP contribution in [0.2, 0.25) is 0 Å². The first-order valence-electron chi connectivity index (χ1n) is 6.19. The molecule has 0 aliphatic heterocycles. The molecule has 0 spiro atoms. The van der Waals surface area contributed by atoms with Crippen LogP contribution in [0.25, 0.3) is 10.1 Å². The predicted molar refractivity (Wildman–Crippen MR) is 80.6 cm³/mol. The fraction of sp³-hybridized carbons (Fsp3) is 0.143. The summed E-state index contributed by atoms with van der Waals surface area (Å²) in [6, 6.07) is 9.62. The SMILES string of the molecule is Cn1ccc(CNC(=O)c2sc3ccccc3c2N)n1. The van der Waals surface area contributed by atoms with E-state index < -0.39 is 0 Å². The van der Waals surface area contributed by atoms with Crippen molar-refractivity contribution in [3.8, 4) is 0 Å². The lowest BCUT2D eigenvalue weighted by atomic mass is 10.2. The Morgan fingerprint density at radius 1 is 1.40 bits per heavy atom. The van der Waals surface area contributed by atoms with Gasteiger partial charge in [0.15, 0.2) is 0 Å². The smallest absolute Gasteiger partial charge is 0.263 e. The Morgan fingerprint density at radius 3 is 2.90 bits per heavy atom. The molecule has 5 nitrogen and oxygen atoms in total. The Bertz CT molecular complexity index is 774. The standard InChI is InChI=1S/C14H14N4OS/c1-18-7-6-9(17-18)8-16-14(19)13-12(15)10-4-2-3-5-11(10)20-13/h2-7H,8,15H2,1H3,(H,16,19). The first kappa shape index (κ1) is 12.7. The third-order valence-electron chi connectivity index (χ3n) is 3.04. The third kappa shape index (κ3) is 2.25. The zero-order valence-corrected chi connectivity index (χ0v) is 11.8. The number of fused-ring (bicyclic) bond motifs is 1. The molecule has 0 aliphatic rings. The van der Waals surface area contributed by atoms with Gasteiger partial charge in [-0.3, -0.25) is 9.48 Å². The molecule has 3 rings (SSSR count). The minimum atomic E-state index is -0.158. The number of hydrogen-bond donors (Lipinski definition) is 2. The van der Waals surface area contributed by atoms with Crippen molar-refractivity contribution in [1.82, 2.24) is 15.1 Å². The zero-order valence-electron chi connectivity index (χ0n) is 11.0. The molecule has 1 amide bonds. The van der Waals surface area contributed by atoms with E-state index in [0.717, 1.165) is 15.8 Å². The summed E-state index contributed by atoms with van der Waals surface area (Å²) < 4.78 is 2.72. The average Bonchev–Trinajstić information content (AvgIpc) is 3.01. The molecule has 1 aromatic carbocycles. The lowest BCUT2D eigenvalue weighted by Crippen LogP contribution is -2.23. The van der Waals surface area contributed by atoms with Gasteiger partial charge in [0, 0.05) is 23.3 Å². The van der Waals surface area contributed by atoms with Crippen LogP contribution in [0.3, 0.4) is 0 Å². The average molecular weight is 286 g/mol. The van der Waals surface area contributed by atoms with Crippen molar-refractivity contribution in [3.05, 3.63) is 47.1 Å². The molecule has 3 aromatic rings. The first-order valence-corrected chi connectivity index (χ1v) is 7.00. The summed E-state index contributed by atoms with van der Waals surface area (Å²) in [5.74, 6) is -0.158. The highest BCUT2D eigenvalue weighted by Crippen LogP contribution is 2.33. The topological polar surface area (TPSA) is 72.9 Å². The molecule has 0 saturated heterocycles. The van der Waals surface area contributed by atoms with Crippen molar-refractivity contribution in [3.63, 3.8) is 0 Å². The molecule has 0 bridgehead atoms. The van der Waals surface area contributed by atoms with Gasteiger partial charge in [-0.05, 0) is 12.1 Å². The number of carbonyl (C=O) groups is 1. The summed E-state index contributed by atoms with van der Waals surface area (Å²) in [7, 11) is 1.84. The van der Waals surface area contributed by atoms with Crippen LogP contribution in [0.15, 0.2) is 36.5 Å². The number of nitrogens with two attached hydrogens (primary N) is 1. The van der Waals surface area contributed by atoms with Gasteiger partial charge in [0.1, 0.15) is 4.88 Å². The number of aryl methyl sites for hydroxylation is 1. The second-order valence-corrected chi connectivity index (χ2v) is 5.56. The Morgan fingerprint density at radius 2 is 2.20 bits per heavy atom. The van der Waals surface area contributed by atoms with Crippen molar-refractivity contribution < 1.29 is 4.79 Å². The van der Waals surface area contributed by atoms with E-state index in [1.807, 2.05) is 43.6 Å². The molecular formula is C14H14N4OS. The fourth-order valence-corrected chi connectivity index (χ4v) is 3.08. The molecule has 0 atom stereocenters. The Balaban J connectivity index is 1.80. The quantitative estimate of drug-likeness (QED) is 0.775. The van der Waals surface area contributed by atoms with Crippen LogP contribution in [-0.4, -0.2) is 15.7 Å². The number of rotatable bonds is 3. The van der Waals surface area contributed by atoms with Crippen LogP contribution < -0.4 is 11.1 Å². The first-order chi connectivity index (χ1) is 9.65. The molecule has 0 fully saturated rings. The summed E-state index contributed by atoms with van der Waals surface area (Å²) >= 11 is 1.41. The van der Waals surface area contributed by atoms with Crippen LogP contribution in [0.1, 0.15) is 15.4 Å². The number of thiophene rings is 1. The van der Waals surface area contributed by atoms with Gasteiger partial charge in [-0.2, -0.15) is 5.10 Å². The van der Waals surface area contributed by atoms with Crippen LogP contribution in [0.4, 0.5) is 5.69 Å². The van der Waals surface area contributed by atoms with Gasteiger partial charge in [-0.1, -0.05) is 18.2 Å². The number of benzene rings is 1. The molecule has 3 N–H and O–H groups in total. The van der Waals surface area contributed by atoms with E-state index >= 15 is 0 Å². The highest BCUT2D eigenvalue weighted by Gasteiger charge is 2.15. The summed E-state index contributed by atoms with van der Waals surface area (Å²) in [4.78, 5) is 12.8. The number of aromatic nitrogens is 2. The van der Waals surface area contributed by atoms with E-state index in [0.29, 0.717) is 17.1 Å². The van der Waals surface area contributed by atoms with E-state index in [9.17, 15) is 4.79 Å². The number of anilines is 1. The van der Waals surface area contributed by atoms with E-state index in [1.165, 1.54) is 11.3 Å². The maximum atomic E-state index is 12.2. The normalized spacial score (nSPS) is 10.8. The van der Waals surface area contributed by atoms with Gasteiger partial charge in [0.25, 0.3) is 5.91 Å². The van der Waals surface area contributed by atoms with Gasteiger partial charge in [-0.25, -0.2) is 0 Å². The fourth-order valence-electron chi connectivity index (χ4n) is 2.04. The van der Waals surface area contributed by atoms with Crippen molar-refractivity contribution in [1.29, 1.82) is 0 Å². The molecule has 0 radical (unpaired) electrons. The Hall–Kier alpha value is -2.34. The number of amides is 1. The van der Waals surface area contributed by atoms with E-state index in [2.05, 4.69) is 10.4 Å². The van der Waals surface area contributed by atoms with Crippen molar-refractivity contribution in [2.24, 2.45) is 7.05 Å². The molecule has 102 valence electrons. The molecule has 6 heteroatoms. The summed E-state index contributed by atoms with van der Waals surface area (Å²) in [5, 5.41) is 7.99. The molecular weight excluding hydrogens is 272 g/mol. The number of nitrogens with zero attached hydrogens (tertiary/aromatic N) is 2. The predicted octanol–water partition coefficient (Wildman–Crippen LogP) is 2.15.